The lowest BCUT2D eigenvalue weighted by molar-refractivity contribution is 0.122. The lowest BCUT2D eigenvalue weighted by Gasteiger charge is -2.35. The molecule has 2 aliphatic heterocycles. The summed E-state index contributed by atoms with van der Waals surface area (Å²) in [5.74, 6) is 0.998. The van der Waals surface area contributed by atoms with Crippen LogP contribution < -0.4 is 15.1 Å². The van der Waals surface area contributed by atoms with Crippen molar-refractivity contribution in [1.29, 1.82) is 0 Å². The Labute approximate surface area is 142 Å². The van der Waals surface area contributed by atoms with Crippen LogP contribution in [0.5, 0.6) is 0 Å². The van der Waals surface area contributed by atoms with Crippen LogP contribution in [-0.4, -0.2) is 62.7 Å². The SMILES string of the molecule is c1ccc(-c2cc(N3CCOCC3)c(N3CCNCC3)nn2)cc1. The zero-order chi connectivity index (χ0) is 16.2. The third-order valence-corrected chi connectivity index (χ3v) is 4.59. The van der Waals surface area contributed by atoms with Crippen molar-refractivity contribution in [3.63, 3.8) is 0 Å². The molecule has 6 nitrogen and oxygen atoms in total. The van der Waals surface area contributed by atoms with E-state index in [9.17, 15) is 0 Å². The minimum atomic E-state index is 0.768. The van der Waals surface area contributed by atoms with Crippen LogP contribution in [-0.2, 0) is 4.74 Å². The molecule has 0 atom stereocenters. The van der Waals surface area contributed by atoms with Gasteiger partial charge in [0.15, 0.2) is 5.82 Å². The molecule has 0 unspecified atom stereocenters. The summed E-state index contributed by atoms with van der Waals surface area (Å²) in [5.41, 5.74) is 3.20. The number of hydrogen-bond acceptors (Lipinski definition) is 6. The number of rotatable bonds is 3. The molecular formula is C18H23N5O. The lowest BCUT2D eigenvalue weighted by atomic mass is 10.1. The highest BCUT2D eigenvalue weighted by atomic mass is 16.5. The highest BCUT2D eigenvalue weighted by molar-refractivity contribution is 5.73. The number of hydrogen-bond donors (Lipinski definition) is 1. The number of ether oxygens (including phenoxy) is 1. The van der Waals surface area contributed by atoms with E-state index in [4.69, 9.17) is 4.74 Å². The van der Waals surface area contributed by atoms with Crippen LogP contribution in [0.3, 0.4) is 0 Å². The largest absolute Gasteiger partial charge is 0.378 e. The van der Waals surface area contributed by atoms with E-state index in [1.807, 2.05) is 18.2 Å². The molecule has 0 amide bonds. The molecule has 6 heteroatoms. The number of benzene rings is 1. The maximum absolute atomic E-state index is 5.52. The van der Waals surface area contributed by atoms with Gasteiger partial charge in [0.2, 0.25) is 0 Å². The average molecular weight is 325 g/mol. The number of aromatic nitrogens is 2. The van der Waals surface area contributed by atoms with Gasteiger partial charge in [-0.25, -0.2) is 0 Å². The third-order valence-electron chi connectivity index (χ3n) is 4.59. The predicted molar refractivity (Wildman–Crippen MR) is 95.6 cm³/mol. The Morgan fingerprint density at radius 3 is 2.38 bits per heavy atom. The summed E-state index contributed by atoms with van der Waals surface area (Å²) in [6, 6.07) is 12.4. The van der Waals surface area contributed by atoms with Crippen molar-refractivity contribution in [2.45, 2.75) is 0 Å². The number of piperazine rings is 1. The summed E-state index contributed by atoms with van der Waals surface area (Å²) < 4.78 is 5.52. The topological polar surface area (TPSA) is 53.5 Å². The maximum Gasteiger partial charge on any atom is 0.175 e. The van der Waals surface area contributed by atoms with Crippen molar-refractivity contribution < 1.29 is 4.74 Å². The van der Waals surface area contributed by atoms with Crippen LogP contribution in [0.15, 0.2) is 36.4 Å². The van der Waals surface area contributed by atoms with Crippen LogP contribution in [0.4, 0.5) is 11.5 Å². The Hall–Kier alpha value is -2.18. The predicted octanol–water partition coefficient (Wildman–Crippen LogP) is 1.39. The van der Waals surface area contributed by atoms with Crippen LogP contribution in [0.25, 0.3) is 11.3 Å². The van der Waals surface area contributed by atoms with Gasteiger partial charge in [0.25, 0.3) is 0 Å². The van der Waals surface area contributed by atoms with Gasteiger partial charge in [0.05, 0.1) is 24.6 Å². The first-order valence-electron chi connectivity index (χ1n) is 8.63. The lowest BCUT2D eigenvalue weighted by Crippen LogP contribution is -2.45. The fourth-order valence-corrected chi connectivity index (χ4v) is 3.26. The molecule has 1 N–H and O–H groups in total. The molecule has 1 aromatic carbocycles. The van der Waals surface area contributed by atoms with E-state index in [2.05, 4.69) is 43.5 Å². The Morgan fingerprint density at radius 2 is 1.62 bits per heavy atom. The smallest absolute Gasteiger partial charge is 0.175 e. The van der Waals surface area contributed by atoms with E-state index in [0.717, 1.165) is 69.6 Å². The van der Waals surface area contributed by atoms with Gasteiger partial charge in [-0.15, -0.1) is 10.2 Å². The third kappa shape index (κ3) is 3.20. The summed E-state index contributed by atoms with van der Waals surface area (Å²) in [7, 11) is 0. The van der Waals surface area contributed by atoms with Gasteiger partial charge in [-0.1, -0.05) is 30.3 Å². The van der Waals surface area contributed by atoms with Gasteiger partial charge in [0.1, 0.15) is 0 Å². The molecule has 0 aliphatic carbocycles. The maximum atomic E-state index is 5.52. The van der Waals surface area contributed by atoms with Crippen molar-refractivity contribution >= 4 is 11.5 Å². The summed E-state index contributed by atoms with van der Waals surface area (Å²) >= 11 is 0. The average Bonchev–Trinajstić information content (AvgIpc) is 2.69. The van der Waals surface area contributed by atoms with Crippen molar-refractivity contribution in [2.75, 3.05) is 62.3 Å². The van der Waals surface area contributed by atoms with Gasteiger partial charge < -0.3 is 19.9 Å². The number of nitrogens with one attached hydrogen (secondary N) is 1. The van der Waals surface area contributed by atoms with E-state index in [1.54, 1.807) is 0 Å². The first kappa shape index (κ1) is 15.4. The van der Waals surface area contributed by atoms with Crippen molar-refractivity contribution in [3.05, 3.63) is 36.4 Å². The first-order valence-corrected chi connectivity index (χ1v) is 8.63. The normalized spacial score (nSPS) is 18.7. The molecular weight excluding hydrogens is 302 g/mol. The molecule has 2 fully saturated rings. The molecule has 0 saturated carbocycles. The number of anilines is 2. The second-order valence-corrected chi connectivity index (χ2v) is 6.14. The Kier molecular flexibility index (Phi) is 4.57. The fraction of sp³-hybridized carbons (Fsp3) is 0.444. The zero-order valence-electron chi connectivity index (χ0n) is 13.8. The van der Waals surface area contributed by atoms with E-state index in [-0.39, 0.29) is 0 Å². The Bertz CT molecular complexity index is 666. The second-order valence-electron chi connectivity index (χ2n) is 6.14. The molecule has 3 heterocycles. The molecule has 2 aliphatic rings. The quantitative estimate of drug-likeness (QED) is 0.920. The van der Waals surface area contributed by atoms with Crippen LogP contribution >= 0.6 is 0 Å². The van der Waals surface area contributed by atoms with Gasteiger partial charge in [-0.05, 0) is 6.07 Å². The summed E-state index contributed by atoms with van der Waals surface area (Å²) in [6.07, 6.45) is 0. The Balaban J connectivity index is 1.72. The minimum Gasteiger partial charge on any atom is -0.378 e. The molecule has 1 aromatic heterocycles. The van der Waals surface area contributed by atoms with Crippen LogP contribution in [0.2, 0.25) is 0 Å². The zero-order valence-corrected chi connectivity index (χ0v) is 13.8. The van der Waals surface area contributed by atoms with Gasteiger partial charge in [0, 0.05) is 44.8 Å². The van der Waals surface area contributed by atoms with Crippen molar-refractivity contribution in [2.24, 2.45) is 0 Å². The van der Waals surface area contributed by atoms with Crippen LogP contribution in [0, 0.1) is 0 Å². The second kappa shape index (κ2) is 7.15. The summed E-state index contributed by atoms with van der Waals surface area (Å²) in [6.45, 7) is 7.26. The van der Waals surface area contributed by atoms with E-state index >= 15 is 0 Å². The molecule has 2 saturated heterocycles. The Morgan fingerprint density at radius 1 is 0.875 bits per heavy atom. The minimum absolute atomic E-state index is 0.768. The molecule has 0 bridgehead atoms. The molecule has 24 heavy (non-hydrogen) atoms. The fourth-order valence-electron chi connectivity index (χ4n) is 3.26. The molecule has 2 aromatic rings. The van der Waals surface area contributed by atoms with Crippen molar-refractivity contribution in [1.82, 2.24) is 15.5 Å². The molecule has 126 valence electrons. The van der Waals surface area contributed by atoms with E-state index in [1.165, 1.54) is 5.69 Å². The summed E-state index contributed by atoms with van der Waals surface area (Å²) in [5, 5.41) is 12.5. The monoisotopic (exact) mass is 325 g/mol. The van der Waals surface area contributed by atoms with E-state index in [0.29, 0.717) is 0 Å². The first-order chi connectivity index (χ1) is 11.9. The van der Waals surface area contributed by atoms with E-state index < -0.39 is 0 Å². The number of morpholine rings is 1. The molecule has 4 rings (SSSR count). The van der Waals surface area contributed by atoms with Gasteiger partial charge in [-0.2, -0.15) is 0 Å². The van der Waals surface area contributed by atoms with Gasteiger partial charge >= 0.3 is 0 Å². The molecule has 0 radical (unpaired) electrons. The van der Waals surface area contributed by atoms with Gasteiger partial charge in [-0.3, -0.25) is 0 Å². The highest BCUT2D eigenvalue weighted by Gasteiger charge is 2.22. The standard InChI is InChI=1S/C18H23N5O/c1-2-4-15(5-3-1)16-14-17(22-10-12-24-13-11-22)18(21-20-16)23-8-6-19-7-9-23/h1-5,14,19H,6-13H2. The van der Waals surface area contributed by atoms with Crippen LogP contribution in [0.1, 0.15) is 0 Å². The molecule has 0 spiro atoms. The summed E-state index contributed by atoms with van der Waals surface area (Å²) in [4.78, 5) is 4.71. The highest BCUT2D eigenvalue weighted by Crippen LogP contribution is 2.31. The van der Waals surface area contributed by atoms with Crippen molar-refractivity contribution in [3.8, 4) is 11.3 Å². The number of nitrogens with zero attached hydrogens (tertiary/aromatic N) is 4.